The largest absolute Gasteiger partial charge is 0.396 e. The molecule has 0 spiro atoms. The summed E-state index contributed by atoms with van der Waals surface area (Å²) in [4.78, 5) is 14.0. The van der Waals surface area contributed by atoms with E-state index in [1.165, 1.54) is 0 Å². The molecule has 0 unspecified atom stereocenters. The van der Waals surface area contributed by atoms with Crippen molar-refractivity contribution in [1.29, 1.82) is 0 Å². The first-order valence-electron chi connectivity index (χ1n) is 7.46. The van der Waals surface area contributed by atoms with E-state index < -0.39 is 0 Å². The molecule has 2 amide bonds. The summed E-state index contributed by atoms with van der Waals surface area (Å²) in [6, 6.07) is 7.71. The molecule has 0 radical (unpaired) electrons. The van der Waals surface area contributed by atoms with Gasteiger partial charge in [0, 0.05) is 31.3 Å². The average Bonchev–Trinajstić information content (AvgIpc) is 2.53. The van der Waals surface area contributed by atoms with E-state index in [0.29, 0.717) is 17.5 Å². The van der Waals surface area contributed by atoms with Gasteiger partial charge in [0.25, 0.3) is 0 Å². The van der Waals surface area contributed by atoms with E-state index in [2.05, 4.69) is 5.32 Å². The number of urea groups is 1. The van der Waals surface area contributed by atoms with Gasteiger partial charge in [0.05, 0.1) is 0 Å². The zero-order chi connectivity index (χ0) is 15.2. The lowest BCUT2D eigenvalue weighted by molar-refractivity contribution is 0.134. The average molecular weight is 311 g/mol. The molecule has 1 fully saturated rings. The molecule has 1 aliphatic rings. The van der Waals surface area contributed by atoms with Gasteiger partial charge < -0.3 is 15.3 Å². The lowest BCUT2D eigenvalue weighted by atomic mass is 9.86. The number of nitrogens with one attached hydrogen (secondary N) is 1. The Kier molecular flexibility index (Phi) is 5.88. The Bertz CT molecular complexity index is 473. The Morgan fingerprint density at radius 1 is 1.33 bits per heavy atom. The molecule has 2 N–H and O–H groups in total. The number of aliphatic hydroxyl groups is 1. The molecule has 1 aliphatic carbocycles. The Labute approximate surface area is 131 Å². The Morgan fingerprint density at radius 3 is 2.62 bits per heavy atom. The minimum atomic E-state index is -0.0673. The van der Waals surface area contributed by atoms with Crippen LogP contribution >= 0.6 is 11.6 Å². The van der Waals surface area contributed by atoms with Crippen LogP contribution in [0.5, 0.6) is 0 Å². The van der Waals surface area contributed by atoms with Gasteiger partial charge in [-0.3, -0.25) is 0 Å². The summed E-state index contributed by atoms with van der Waals surface area (Å²) in [6.07, 6.45) is 3.90. The van der Waals surface area contributed by atoms with Gasteiger partial charge in [-0.15, -0.1) is 0 Å². The summed E-state index contributed by atoms with van der Waals surface area (Å²) in [5.74, 6) is 0.404. The van der Waals surface area contributed by atoms with Crippen molar-refractivity contribution in [3.8, 4) is 0 Å². The number of rotatable bonds is 4. The smallest absolute Gasteiger partial charge is 0.317 e. The van der Waals surface area contributed by atoms with Crippen LogP contribution < -0.4 is 5.32 Å². The second-order valence-corrected chi connectivity index (χ2v) is 6.13. The fourth-order valence-corrected chi connectivity index (χ4v) is 3.02. The summed E-state index contributed by atoms with van der Waals surface area (Å²) in [7, 11) is 1.84. The van der Waals surface area contributed by atoms with Crippen LogP contribution in [0.4, 0.5) is 4.79 Å². The molecule has 21 heavy (non-hydrogen) atoms. The van der Waals surface area contributed by atoms with Crippen LogP contribution in [0.3, 0.4) is 0 Å². The quantitative estimate of drug-likeness (QED) is 0.898. The number of nitrogens with zero attached hydrogens (tertiary/aromatic N) is 1. The summed E-state index contributed by atoms with van der Waals surface area (Å²) in [5, 5.41) is 12.7. The van der Waals surface area contributed by atoms with E-state index in [9.17, 15) is 4.79 Å². The first-order valence-corrected chi connectivity index (χ1v) is 7.84. The number of carbonyl (C=O) groups excluding carboxylic acids is 1. The number of hydrogen-bond donors (Lipinski definition) is 2. The maximum Gasteiger partial charge on any atom is 0.317 e. The van der Waals surface area contributed by atoms with Crippen LogP contribution in [0.2, 0.25) is 5.02 Å². The molecule has 116 valence electrons. The number of carbonyl (C=O) groups is 1. The monoisotopic (exact) mass is 310 g/mol. The first-order chi connectivity index (χ1) is 10.1. The van der Waals surface area contributed by atoms with Crippen molar-refractivity contribution >= 4 is 17.6 Å². The fraction of sp³-hybridized carbons (Fsp3) is 0.562. The van der Waals surface area contributed by atoms with Gasteiger partial charge >= 0.3 is 6.03 Å². The third-order valence-corrected chi connectivity index (χ3v) is 4.70. The molecule has 0 saturated heterocycles. The number of aliphatic hydroxyl groups excluding tert-OH is 1. The van der Waals surface area contributed by atoms with Gasteiger partial charge in [-0.05, 0) is 43.2 Å². The first kappa shape index (κ1) is 16.1. The normalized spacial score (nSPS) is 21.9. The highest BCUT2D eigenvalue weighted by molar-refractivity contribution is 6.31. The molecule has 1 aromatic carbocycles. The van der Waals surface area contributed by atoms with E-state index in [1.54, 1.807) is 4.90 Å². The minimum absolute atomic E-state index is 0.0673. The molecule has 1 saturated carbocycles. The highest BCUT2D eigenvalue weighted by Crippen LogP contribution is 2.26. The molecule has 0 aliphatic heterocycles. The zero-order valence-electron chi connectivity index (χ0n) is 12.4. The van der Waals surface area contributed by atoms with E-state index >= 15 is 0 Å². The van der Waals surface area contributed by atoms with Gasteiger partial charge in [0.2, 0.25) is 0 Å². The lowest BCUT2D eigenvalue weighted by Gasteiger charge is -2.34. The maximum absolute atomic E-state index is 12.2. The van der Waals surface area contributed by atoms with Gasteiger partial charge in [0.15, 0.2) is 0 Å². The van der Waals surface area contributed by atoms with Crippen LogP contribution in [0.1, 0.15) is 31.2 Å². The van der Waals surface area contributed by atoms with E-state index in [-0.39, 0.29) is 18.7 Å². The number of halogens is 1. The van der Waals surface area contributed by atoms with Gasteiger partial charge in [-0.1, -0.05) is 29.8 Å². The van der Waals surface area contributed by atoms with Crippen molar-refractivity contribution in [3.05, 3.63) is 34.9 Å². The van der Waals surface area contributed by atoms with Crippen molar-refractivity contribution in [2.75, 3.05) is 13.7 Å². The van der Waals surface area contributed by atoms with Crippen LogP contribution in [-0.4, -0.2) is 35.7 Å². The SMILES string of the molecule is CN(C(=O)NCc1ccccc1Cl)C1CCC(CO)CC1. The fourth-order valence-electron chi connectivity index (χ4n) is 2.82. The summed E-state index contributed by atoms with van der Waals surface area (Å²) in [5.41, 5.74) is 0.921. The van der Waals surface area contributed by atoms with Gasteiger partial charge in [0.1, 0.15) is 0 Å². The second-order valence-electron chi connectivity index (χ2n) is 5.72. The predicted molar refractivity (Wildman–Crippen MR) is 84.3 cm³/mol. The molecule has 5 heteroatoms. The lowest BCUT2D eigenvalue weighted by Crippen LogP contribution is -2.45. The molecule has 4 nitrogen and oxygen atoms in total. The van der Waals surface area contributed by atoms with Crippen LogP contribution in [-0.2, 0) is 6.54 Å². The number of amides is 2. The highest BCUT2D eigenvalue weighted by Gasteiger charge is 2.26. The standard InChI is InChI=1S/C16H23ClN2O2/c1-19(14-8-6-12(11-20)7-9-14)16(21)18-10-13-4-2-3-5-15(13)17/h2-5,12,14,20H,6-11H2,1H3,(H,18,21). The van der Waals surface area contributed by atoms with Crippen LogP contribution in [0, 0.1) is 5.92 Å². The topological polar surface area (TPSA) is 52.6 Å². The third kappa shape index (κ3) is 4.35. The molecule has 2 rings (SSSR count). The zero-order valence-corrected chi connectivity index (χ0v) is 13.1. The molecule has 0 atom stereocenters. The third-order valence-electron chi connectivity index (χ3n) is 4.33. The van der Waals surface area contributed by atoms with Crippen molar-refractivity contribution in [2.45, 2.75) is 38.3 Å². The maximum atomic E-state index is 12.2. The van der Waals surface area contributed by atoms with E-state index in [0.717, 1.165) is 31.2 Å². The molecular formula is C16H23ClN2O2. The van der Waals surface area contributed by atoms with Crippen molar-refractivity contribution in [3.63, 3.8) is 0 Å². The number of hydrogen-bond acceptors (Lipinski definition) is 2. The molecule has 0 bridgehead atoms. The van der Waals surface area contributed by atoms with Gasteiger partial charge in [-0.2, -0.15) is 0 Å². The Morgan fingerprint density at radius 2 is 2.00 bits per heavy atom. The van der Waals surface area contributed by atoms with E-state index in [1.807, 2.05) is 31.3 Å². The molecule has 0 heterocycles. The highest BCUT2D eigenvalue weighted by atomic mass is 35.5. The van der Waals surface area contributed by atoms with Gasteiger partial charge in [-0.25, -0.2) is 4.79 Å². The van der Waals surface area contributed by atoms with Crippen LogP contribution in [0.25, 0.3) is 0 Å². The molecular weight excluding hydrogens is 288 g/mol. The number of benzene rings is 1. The molecule has 0 aromatic heterocycles. The van der Waals surface area contributed by atoms with Crippen molar-refractivity contribution in [2.24, 2.45) is 5.92 Å². The van der Waals surface area contributed by atoms with E-state index in [4.69, 9.17) is 16.7 Å². The second kappa shape index (κ2) is 7.66. The summed E-state index contributed by atoms with van der Waals surface area (Å²) < 4.78 is 0. The van der Waals surface area contributed by atoms with Crippen LogP contribution in [0.15, 0.2) is 24.3 Å². The van der Waals surface area contributed by atoms with Crippen molar-refractivity contribution < 1.29 is 9.90 Å². The summed E-state index contributed by atoms with van der Waals surface area (Å²) >= 11 is 6.08. The minimum Gasteiger partial charge on any atom is -0.396 e. The molecule has 1 aromatic rings. The Hall–Kier alpha value is -1.26. The Balaban J connectivity index is 1.82. The van der Waals surface area contributed by atoms with Crippen molar-refractivity contribution in [1.82, 2.24) is 10.2 Å². The summed E-state index contributed by atoms with van der Waals surface area (Å²) in [6.45, 7) is 0.698. The predicted octanol–water partition coefficient (Wildman–Crippen LogP) is 3.03.